The minimum Gasteiger partial charge on any atom is -0.489 e. The Balaban J connectivity index is 1.46. The first-order valence-corrected chi connectivity index (χ1v) is 9.27. The van der Waals surface area contributed by atoms with E-state index in [4.69, 9.17) is 4.74 Å². The maximum Gasteiger partial charge on any atom is 0.217 e. The number of halogens is 2. The van der Waals surface area contributed by atoms with Gasteiger partial charge in [0.15, 0.2) is 6.30 Å². The van der Waals surface area contributed by atoms with Crippen molar-refractivity contribution in [3.8, 4) is 5.75 Å². The Kier molecular flexibility index (Phi) is 5.03. The van der Waals surface area contributed by atoms with Gasteiger partial charge >= 0.3 is 0 Å². The molecule has 0 aliphatic carbocycles. The molecule has 0 bridgehead atoms. The molecule has 0 amide bonds. The van der Waals surface area contributed by atoms with Gasteiger partial charge in [-0.2, -0.15) is 4.39 Å². The van der Waals surface area contributed by atoms with E-state index in [1.807, 2.05) is 60.4 Å². The van der Waals surface area contributed by atoms with E-state index in [0.29, 0.717) is 42.8 Å². The van der Waals surface area contributed by atoms with E-state index in [9.17, 15) is 8.78 Å². The average Bonchev–Trinajstić information content (AvgIpc) is 2.69. The molecule has 1 saturated heterocycles. The van der Waals surface area contributed by atoms with Crippen LogP contribution in [0.1, 0.15) is 30.3 Å². The number of benzene rings is 2. The monoisotopic (exact) mass is 368 g/mol. The van der Waals surface area contributed by atoms with Gasteiger partial charge in [0.05, 0.1) is 5.52 Å². The number of likely N-dealkylation sites (tertiary alicyclic amines) is 1. The molecule has 0 spiro atoms. The van der Waals surface area contributed by atoms with Gasteiger partial charge in [-0.15, -0.1) is 0 Å². The number of alkyl halides is 1. The third-order valence-electron chi connectivity index (χ3n) is 5.14. The van der Waals surface area contributed by atoms with Crippen LogP contribution >= 0.6 is 0 Å². The second kappa shape index (κ2) is 7.61. The first-order chi connectivity index (χ1) is 13.1. The predicted molar refractivity (Wildman–Crippen MR) is 102 cm³/mol. The average molecular weight is 368 g/mol. The summed E-state index contributed by atoms with van der Waals surface area (Å²) in [4.78, 5) is 5.82. The number of fused-ring (bicyclic) bond motifs is 1. The number of ether oxygens (including phenoxy) is 1. The van der Waals surface area contributed by atoms with Crippen molar-refractivity contribution in [2.45, 2.75) is 32.2 Å². The Morgan fingerprint density at radius 3 is 2.56 bits per heavy atom. The topological polar surface area (TPSA) is 25.4 Å². The molecule has 1 unspecified atom stereocenters. The molecule has 3 aromatic rings. The minimum absolute atomic E-state index is 0.0604. The van der Waals surface area contributed by atoms with Crippen LogP contribution in [-0.4, -0.2) is 29.1 Å². The van der Waals surface area contributed by atoms with Crippen LogP contribution in [0.5, 0.6) is 5.75 Å². The molecule has 5 heteroatoms. The number of aromatic nitrogens is 1. The number of hydrogen-bond acceptors (Lipinski definition) is 3. The van der Waals surface area contributed by atoms with Crippen molar-refractivity contribution >= 4 is 10.9 Å². The highest BCUT2D eigenvalue weighted by Crippen LogP contribution is 2.31. The van der Waals surface area contributed by atoms with Crippen molar-refractivity contribution in [2.24, 2.45) is 0 Å². The van der Waals surface area contributed by atoms with E-state index in [0.717, 1.165) is 10.9 Å². The standard InChI is InChI=1S/C22H22F2N2O/c1-15-6-5-9-18-19(14-20(23)25-21(15)18)27-17-10-12-26(13-11-17)22(24)16-7-3-2-4-8-16/h2-9,14,17,22H,10-13H2,1H3. The third-order valence-corrected chi connectivity index (χ3v) is 5.14. The lowest BCUT2D eigenvalue weighted by Crippen LogP contribution is -2.39. The van der Waals surface area contributed by atoms with E-state index in [-0.39, 0.29) is 6.10 Å². The Hall–Kier alpha value is -2.53. The number of rotatable bonds is 4. The number of piperidine rings is 1. The minimum atomic E-state index is -1.10. The number of aryl methyl sites for hydroxylation is 1. The summed E-state index contributed by atoms with van der Waals surface area (Å²) < 4.78 is 34.8. The fourth-order valence-corrected chi connectivity index (χ4v) is 3.65. The van der Waals surface area contributed by atoms with Crippen molar-refractivity contribution in [2.75, 3.05) is 13.1 Å². The SMILES string of the molecule is Cc1cccc2c(OC3CCN(C(F)c4ccccc4)CC3)cc(F)nc12. The third kappa shape index (κ3) is 3.78. The van der Waals surface area contributed by atoms with Crippen LogP contribution in [0.3, 0.4) is 0 Å². The lowest BCUT2D eigenvalue weighted by atomic mass is 10.1. The van der Waals surface area contributed by atoms with Crippen LogP contribution in [0.2, 0.25) is 0 Å². The molecule has 2 aromatic carbocycles. The van der Waals surface area contributed by atoms with Crippen LogP contribution in [-0.2, 0) is 0 Å². The van der Waals surface area contributed by atoms with Crippen molar-refractivity contribution in [1.29, 1.82) is 0 Å². The summed E-state index contributed by atoms with van der Waals surface area (Å²) in [5, 5.41) is 0.812. The number of hydrogen-bond donors (Lipinski definition) is 0. The van der Waals surface area contributed by atoms with Gasteiger partial charge in [-0.1, -0.05) is 42.5 Å². The lowest BCUT2D eigenvalue weighted by Gasteiger charge is -2.34. The molecule has 1 aromatic heterocycles. The summed E-state index contributed by atoms with van der Waals surface area (Å²) in [5.74, 6) is -0.0309. The molecule has 0 radical (unpaired) electrons. The molecule has 1 aliphatic rings. The van der Waals surface area contributed by atoms with Crippen LogP contribution in [0.4, 0.5) is 8.78 Å². The highest BCUT2D eigenvalue weighted by Gasteiger charge is 2.27. The summed E-state index contributed by atoms with van der Waals surface area (Å²) in [6, 6.07) is 16.3. The first kappa shape index (κ1) is 17.9. The van der Waals surface area contributed by atoms with E-state index < -0.39 is 12.2 Å². The number of nitrogens with zero attached hydrogens (tertiary/aromatic N) is 2. The van der Waals surface area contributed by atoms with Crippen LogP contribution in [0.15, 0.2) is 54.6 Å². The molecule has 4 rings (SSSR count). The van der Waals surface area contributed by atoms with Crippen LogP contribution < -0.4 is 4.74 Å². The van der Waals surface area contributed by atoms with Crippen molar-refractivity contribution in [3.05, 3.63) is 71.7 Å². The molecular weight excluding hydrogens is 346 g/mol. The van der Waals surface area contributed by atoms with Gasteiger partial charge in [-0.25, -0.2) is 9.37 Å². The lowest BCUT2D eigenvalue weighted by molar-refractivity contribution is 0.0233. The Morgan fingerprint density at radius 1 is 1.07 bits per heavy atom. The second-order valence-corrected chi connectivity index (χ2v) is 7.01. The summed E-state index contributed by atoms with van der Waals surface area (Å²) in [5.41, 5.74) is 2.21. The molecule has 1 aliphatic heterocycles. The van der Waals surface area contributed by atoms with Gasteiger partial charge in [0.25, 0.3) is 0 Å². The van der Waals surface area contributed by atoms with E-state index in [1.54, 1.807) is 0 Å². The maximum absolute atomic E-state index is 14.7. The van der Waals surface area contributed by atoms with E-state index >= 15 is 0 Å². The highest BCUT2D eigenvalue weighted by molar-refractivity contribution is 5.87. The number of pyridine rings is 1. The highest BCUT2D eigenvalue weighted by atomic mass is 19.1. The Morgan fingerprint density at radius 2 is 1.81 bits per heavy atom. The van der Waals surface area contributed by atoms with E-state index in [2.05, 4.69) is 4.98 Å². The first-order valence-electron chi connectivity index (χ1n) is 9.27. The molecule has 0 saturated carbocycles. The smallest absolute Gasteiger partial charge is 0.217 e. The molecule has 27 heavy (non-hydrogen) atoms. The molecule has 1 atom stereocenters. The largest absolute Gasteiger partial charge is 0.489 e. The molecule has 2 heterocycles. The summed E-state index contributed by atoms with van der Waals surface area (Å²) in [7, 11) is 0. The molecule has 0 N–H and O–H groups in total. The summed E-state index contributed by atoms with van der Waals surface area (Å²) >= 11 is 0. The fraction of sp³-hybridized carbons (Fsp3) is 0.318. The van der Waals surface area contributed by atoms with Gasteiger partial charge in [0, 0.05) is 30.1 Å². The number of para-hydroxylation sites is 1. The molecular formula is C22H22F2N2O. The summed E-state index contributed by atoms with van der Waals surface area (Å²) in [6.45, 7) is 3.11. The van der Waals surface area contributed by atoms with Crippen molar-refractivity contribution < 1.29 is 13.5 Å². The zero-order valence-electron chi connectivity index (χ0n) is 15.2. The fourth-order valence-electron chi connectivity index (χ4n) is 3.65. The Bertz CT molecular complexity index is 924. The maximum atomic E-state index is 14.7. The van der Waals surface area contributed by atoms with Crippen LogP contribution in [0, 0.1) is 12.9 Å². The van der Waals surface area contributed by atoms with Crippen molar-refractivity contribution in [3.63, 3.8) is 0 Å². The quantitative estimate of drug-likeness (QED) is 0.468. The molecule has 1 fully saturated rings. The van der Waals surface area contributed by atoms with Gasteiger partial charge in [0.1, 0.15) is 11.9 Å². The molecule has 3 nitrogen and oxygen atoms in total. The van der Waals surface area contributed by atoms with Crippen LogP contribution in [0.25, 0.3) is 10.9 Å². The second-order valence-electron chi connectivity index (χ2n) is 7.01. The van der Waals surface area contributed by atoms with Gasteiger partial charge in [-0.3, -0.25) is 4.90 Å². The summed E-state index contributed by atoms with van der Waals surface area (Å²) in [6.07, 6.45) is 0.235. The zero-order valence-corrected chi connectivity index (χ0v) is 15.2. The normalized spacial score (nSPS) is 17.1. The zero-order chi connectivity index (χ0) is 18.8. The predicted octanol–water partition coefficient (Wildman–Crippen LogP) is 5.19. The van der Waals surface area contributed by atoms with Gasteiger partial charge in [0.2, 0.25) is 5.95 Å². The van der Waals surface area contributed by atoms with Gasteiger partial charge < -0.3 is 4.74 Å². The van der Waals surface area contributed by atoms with Gasteiger partial charge in [-0.05, 0) is 31.4 Å². The van der Waals surface area contributed by atoms with Crippen molar-refractivity contribution in [1.82, 2.24) is 9.88 Å². The molecule has 140 valence electrons. The van der Waals surface area contributed by atoms with E-state index in [1.165, 1.54) is 6.07 Å². The Labute approximate surface area is 157 Å².